The highest BCUT2D eigenvalue weighted by Crippen LogP contribution is 2.34. The number of benzene rings is 1. The average Bonchev–Trinajstić information content (AvgIpc) is 3.12. The van der Waals surface area contributed by atoms with Crippen molar-refractivity contribution >= 4 is 44.7 Å². The van der Waals surface area contributed by atoms with Crippen LogP contribution in [-0.2, 0) is 35.5 Å². The highest BCUT2D eigenvalue weighted by Gasteiger charge is 2.24. The molecule has 30 heavy (non-hydrogen) atoms. The topological polar surface area (TPSA) is 82.3 Å². The summed E-state index contributed by atoms with van der Waals surface area (Å²) in [5, 5.41) is 3.93. The van der Waals surface area contributed by atoms with E-state index >= 15 is 0 Å². The lowest BCUT2D eigenvalue weighted by Gasteiger charge is -2.13. The van der Waals surface area contributed by atoms with E-state index in [0.717, 1.165) is 36.1 Å². The van der Waals surface area contributed by atoms with Crippen LogP contribution in [0.2, 0.25) is 5.02 Å². The Labute approximate surface area is 181 Å². The first-order valence-corrected chi connectivity index (χ1v) is 11.0. The number of methoxy groups -OCH3 is 1. The first-order valence-electron chi connectivity index (χ1n) is 9.82. The van der Waals surface area contributed by atoms with Crippen molar-refractivity contribution < 1.29 is 9.53 Å². The number of hydrogen-bond donors (Lipinski definition) is 1. The van der Waals surface area contributed by atoms with E-state index in [2.05, 4.69) is 5.32 Å². The molecule has 9 heteroatoms. The molecule has 0 bridgehead atoms. The number of carbonyl (C=O) groups is 1. The molecule has 1 N–H and O–H groups in total. The first-order chi connectivity index (χ1) is 14.5. The Balaban J connectivity index is 1.78. The van der Waals surface area contributed by atoms with Crippen LogP contribution >= 0.6 is 22.9 Å². The minimum Gasteiger partial charge on any atom is -0.383 e. The first kappa shape index (κ1) is 20.8. The van der Waals surface area contributed by atoms with Crippen molar-refractivity contribution in [2.24, 2.45) is 0 Å². The van der Waals surface area contributed by atoms with Crippen molar-refractivity contribution in [3.8, 4) is 0 Å². The third kappa shape index (κ3) is 3.95. The Morgan fingerprint density at radius 1 is 1.17 bits per heavy atom. The number of aromatic nitrogens is 2. The molecule has 1 aromatic carbocycles. The van der Waals surface area contributed by atoms with E-state index in [1.165, 1.54) is 27.6 Å². The van der Waals surface area contributed by atoms with Crippen molar-refractivity contribution in [2.45, 2.75) is 38.8 Å². The van der Waals surface area contributed by atoms with Crippen LogP contribution in [0.15, 0.2) is 33.9 Å². The van der Waals surface area contributed by atoms with Gasteiger partial charge < -0.3 is 10.1 Å². The van der Waals surface area contributed by atoms with Crippen LogP contribution in [0, 0.1) is 0 Å². The standard InChI is InChI=1S/C21H22ClN3O4S/c1-29-11-10-24-19(27)18-15-4-2-3-5-16(15)30-20(18)25(21(24)28)12-17(26)23-14-8-6-13(22)7-9-14/h6-9H,2-5,10-12H2,1H3,(H,23,26). The molecule has 7 nitrogen and oxygen atoms in total. The molecule has 0 saturated heterocycles. The number of carbonyl (C=O) groups excluding carboxylic acids is 1. The van der Waals surface area contributed by atoms with Gasteiger partial charge in [0.15, 0.2) is 0 Å². The molecule has 0 radical (unpaired) electrons. The Bertz CT molecular complexity index is 1210. The average molecular weight is 448 g/mol. The molecular formula is C21H22ClN3O4S. The summed E-state index contributed by atoms with van der Waals surface area (Å²) in [6, 6.07) is 6.75. The van der Waals surface area contributed by atoms with Crippen molar-refractivity contribution in [1.29, 1.82) is 0 Å². The van der Waals surface area contributed by atoms with Crippen molar-refractivity contribution in [1.82, 2.24) is 9.13 Å². The molecule has 0 fully saturated rings. The predicted octanol–water partition coefficient (Wildman–Crippen LogP) is 3.04. The zero-order chi connectivity index (χ0) is 21.3. The Hall–Kier alpha value is -2.42. The van der Waals surface area contributed by atoms with Crippen LogP contribution in [-0.4, -0.2) is 28.8 Å². The lowest BCUT2D eigenvalue weighted by atomic mass is 9.97. The minimum absolute atomic E-state index is 0.146. The Morgan fingerprint density at radius 2 is 1.90 bits per heavy atom. The quantitative estimate of drug-likeness (QED) is 0.629. The molecular weight excluding hydrogens is 426 g/mol. The number of nitrogens with zero attached hydrogens (tertiary/aromatic N) is 2. The third-order valence-corrected chi connectivity index (χ3v) is 6.83. The second-order valence-corrected chi connectivity index (χ2v) is 8.78. The molecule has 2 aromatic heterocycles. The maximum absolute atomic E-state index is 13.1. The normalized spacial score (nSPS) is 13.4. The van der Waals surface area contributed by atoms with Gasteiger partial charge in [-0.15, -0.1) is 11.3 Å². The molecule has 1 amide bonds. The number of rotatable bonds is 6. The summed E-state index contributed by atoms with van der Waals surface area (Å²) < 4.78 is 7.68. The molecule has 2 heterocycles. The fourth-order valence-electron chi connectivity index (χ4n) is 3.81. The Kier molecular flexibility index (Phi) is 6.08. The molecule has 0 unspecified atom stereocenters. The smallest absolute Gasteiger partial charge is 0.332 e. The molecule has 0 atom stereocenters. The lowest BCUT2D eigenvalue weighted by molar-refractivity contribution is -0.116. The molecule has 1 aliphatic rings. The second kappa shape index (κ2) is 8.75. The van der Waals surface area contributed by atoms with Gasteiger partial charge in [-0.1, -0.05) is 11.6 Å². The van der Waals surface area contributed by atoms with E-state index < -0.39 is 5.69 Å². The fourth-order valence-corrected chi connectivity index (χ4v) is 5.31. The fraction of sp³-hybridized carbons (Fsp3) is 0.381. The van der Waals surface area contributed by atoms with Crippen LogP contribution in [0.4, 0.5) is 5.69 Å². The summed E-state index contributed by atoms with van der Waals surface area (Å²) in [5.41, 5.74) is 0.839. The van der Waals surface area contributed by atoms with Gasteiger partial charge >= 0.3 is 5.69 Å². The van der Waals surface area contributed by atoms with Gasteiger partial charge in [0.1, 0.15) is 11.4 Å². The number of anilines is 1. The lowest BCUT2D eigenvalue weighted by Crippen LogP contribution is -2.42. The van der Waals surface area contributed by atoms with Gasteiger partial charge in [-0.05, 0) is 55.5 Å². The largest absolute Gasteiger partial charge is 0.383 e. The third-order valence-electron chi connectivity index (χ3n) is 5.27. The molecule has 4 rings (SSSR count). The number of aryl methyl sites for hydroxylation is 2. The maximum atomic E-state index is 13.1. The summed E-state index contributed by atoms with van der Waals surface area (Å²) in [4.78, 5) is 40.7. The molecule has 0 aliphatic heterocycles. The van der Waals surface area contributed by atoms with Crippen LogP contribution < -0.4 is 16.6 Å². The van der Waals surface area contributed by atoms with Gasteiger partial charge in [0, 0.05) is 22.7 Å². The zero-order valence-corrected chi connectivity index (χ0v) is 18.1. The van der Waals surface area contributed by atoms with Gasteiger partial charge in [-0.3, -0.25) is 18.7 Å². The number of hydrogen-bond acceptors (Lipinski definition) is 5. The number of halogens is 1. The van der Waals surface area contributed by atoms with Crippen molar-refractivity contribution in [3.05, 3.63) is 60.6 Å². The summed E-state index contributed by atoms with van der Waals surface area (Å²) in [5.74, 6) is -0.343. The van der Waals surface area contributed by atoms with Gasteiger partial charge in [-0.25, -0.2) is 4.79 Å². The summed E-state index contributed by atoms with van der Waals surface area (Å²) in [7, 11) is 1.52. The second-order valence-electron chi connectivity index (χ2n) is 7.26. The van der Waals surface area contributed by atoms with E-state index in [1.54, 1.807) is 24.3 Å². The number of ether oxygens (including phenoxy) is 1. The van der Waals surface area contributed by atoms with E-state index in [4.69, 9.17) is 16.3 Å². The van der Waals surface area contributed by atoms with E-state index in [0.29, 0.717) is 20.9 Å². The summed E-state index contributed by atoms with van der Waals surface area (Å²) >= 11 is 7.35. The number of fused-ring (bicyclic) bond motifs is 3. The SMILES string of the molecule is COCCn1c(=O)c2c3c(sc2n(CC(=O)Nc2ccc(Cl)cc2)c1=O)CCCC3. The van der Waals surface area contributed by atoms with Crippen LogP contribution in [0.5, 0.6) is 0 Å². The van der Waals surface area contributed by atoms with E-state index in [1.807, 2.05) is 0 Å². The summed E-state index contributed by atoms with van der Waals surface area (Å²) in [6.45, 7) is 0.210. The molecule has 0 spiro atoms. The monoisotopic (exact) mass is 447 g/mol. The zero-order valence-electron chi connectivity index (χ0n) is 16.6. The van der Waals surface area contributed by atoms with Crippen molar-refractivity contribution in [3.63, 3.8) is 0 Å². The Morgan fingerprint density at radius 3 is 2.63 bits per heavy atom. The van der Waals surface area contributed by atoms with E-state index in [-0.39, 0.29) is 31.2 Å². The summed E-state index contributed by atoms with van der Waals surface area (Å²) in [6.07, 6.45) is 3.81. The molecule has 158 valence electrons. The molecule has 1 aliphatic carbocycles. The van der Waals surface area contributed by atoms with Crippen LogP contribution in [0.1, 0.15) is 23.3 Å². The molecule has 0 saturated carbocycles. The molecule has 3 aromatic rings. The number of amides is 1. The highest BCUT2D eigenvalue weighted by molar-refractivity contribution is 7.18. The maximum Gasteiger partial charge on any atom is 0.332 e. The van der Waals surface area contributed by atoms with Gasteiger partial charge in [0.2, 0.25) is 5.91 Å². The van der Waals surface area contributed by atoms with Gasteiger partial charge in [0.25, 0.3) is 5.56 Å². The van der Waals surface area contributed by atoms with Gasteiger partial charge in [0.05, 0.1) is 18.5 Å². The predicted molar refractivity (Wildman–Crippen MR) is 119 cm³/mol. The van der Waals surface area contributed by atoms with Crippen molar-refractivity contribution in [2.75, 3.05) is 19.0 Å². The van der Waals surface area contributed by atoms with Crippen LogP contribution in [0.25, 0.3) is 10.2 Å². The number of thiophene rings is 1. The van der Waals surface area contributed by atoms with E-state index in [9.17, 15) is 14.4 Å². The highest BCUT2D eigenvalue weighted by atomic mass is 35.5. The van der Waals surface area contributed by atoms with Gasteiger partial charge in [-0.2, -0.15) is 0 Å². The minimum atomic E-state index is -0.491. The number of nitrogens with one attached hydrogen (secondary N) is 1. The van der Waals surface area contributed by atoms with Crippen LogP contribution in [0.3, 0.4) is 0 Å².